The summed E-state index contributed by atoms with van der Waals surface area (Å²) in [5.74, 6) is -0.353. The van der Waals surface area contributed by atoms with Crippen molar-refractivity contribution < 1.29 is 14.0 Å². The maximum absolute atomic E-state index is 11.8. The third-order valence-electron chi connectivity index (χ3n) is 3.27. The summed E-state index contributed by atoms with van der Waals surface area (Å²) in [5, 5.41) is 5.53. The van der Waals surface area contributed by atoms with E-state index >= 15 is 0 Å². The molecule has 1 aromatic heterocycles. The van der Waals surface area contributed by atoms with Gasteiger partial charge < -0.3 is 15.1 Å². The van der Waals surface area contributed by atoms with Crippen molar-refractivity contribution in [3.05, 3.63) is 59.6 Å². The molecule has 0 bridgehead atoms. The number of rotatable bonds is 3. The van der Waals surface area contributed by atoms with Gasteiger partial charge in [0.2, 0.25) is 5.91 Å². The number of carbonyl (C=O) groups excluding carboxylic acids is 2. The van der Waals surface area contributed by atoms with Crippen molar-refractivity contribution in [2.75, 3.05) is 11.9 Å². The van der Waals surface area contributed by atoms with Crippen molar-refractivity contribution in [1.29, 1.82) is 0 Å². The van der Waals surface area contributed by atoms with E-state index in [-0.39, 0.29) is 11.8 Å². The van der Waals surface area contributed by atoms with Crippen LogP contribution in [-0.4, -0.2) is 18.4 Å². The van der Waals surface area contributed by atoms with Crippen LogP contribution in [0.5, 0.6) is 0 Å². The van der Waals surface area contributed by atoms with Gasteiger partial charge in [-0.25, -0.2) is 0 Å². The average Bonchev–Trinajstić information content (AvgIpc) is 2.99. The van der Waals surface area contributed by atoms with Crippen molar-refractivity contribution in [1.82, 2.24) is 5.32 Å². The maximum atomic E-state index is 11.8. The maximum Gasteiger partial charge on any atom is 0.251 e. The number of carbonyl (C=O) groups is 2. The van der Waals surface area contributed by atoms with Crippen LogP contribution in [0.15, 0.2) is 47.3 Å². The molecular weight excluding hydrogens is 268 g/mol. The van der Waals surface area contributed by atoms with Crippen LogP contribution in [0.25, 0.3) is 6.08 Å². The third-order valence-corrected chi connectivity index (χ3v) is 3.27. The van der Waals surface area contributed by atoms with Gasteiger partial charge in [0, 0.05) is 29.4 Å². The van der Waals surface area contributed by atoms with Gasteiger partial charge >= 0.3 is 0 Å². The molecule has 3 rings (SSSR count). The van der Waals surface area contributed by atoms with Crippen molar-refractivity contribution in [3.63, 3.8) is 0 Å². The van der Waals surface area contributed by atoms with Crippen LogP contribution < -0.4 is 10.6 Å². The predicted molar refractivity (Wildman–Crippen MR) is 78.9 cm³/mol. The van der Waals surface area contributed by atoms with Gasteiger partial charge in [-0.1, -0.05) is 6.07 Å². The van der Waals surface area contributed by atoms with Gasteiger partial charge in [-0.3, -0.25) is 9.59 Å². The molecular formula is C16H14N2O3. The Morgan fingerprint density at radius 2 is 2.24 bits per heavy atom. The van der Waals surface area contributed by atoms with Crippen molar-refractivity contribution >= 4 is 23.6 Å². The van der Waals surface area contributed by atoms with E-state index in [9.17, 15) is 9.59 Å². The lowest BCUT2D eigenvalue weighted by Gasteiger charge is -2.17. The average molecular weight is 282 g/mol. The number of hydrogen-bond acceptors (Lipinski definition) is 3. The number of benzene rings is 1. The van der Waals surface area contributed by atoms with E-state index in [0.717, 1.165) is 17.5 Å². The molecule has 0 aliphatic carbocycles. The molecule has 5 heteroatoms. The molecule has 0 fully saturated rings. The van der Waals surface area contributed by atoms with Gasteiger partial charge in [-0.05, 0) is 36.3 Å². The molecule has 5 nitrogen and oxygen atoms in total. The van der Waals surface area contributed by atoms with E-state index in [2.05, 4.69) is 10.6 Å². The van der Waals surface area contributed by atoms with E-state index < -0.39 is 0 Å². The minimum Gasteiger partial charge on any atom is -0.472 e. The Morgan fingerprint density at radius 1 is 1.33 bits per heavy atom. The van der Waals surface area contributed by atoms with Crippen LogP contribution in [0.2, 0.25) is 0 Å². The summed E-state index contributed by atoms with van der Waals surface area (Å²) in [4.78, 5) is 23.6. The molecule has 1 aliphatic rings. The summed E-state index contributed by atoms with van der Waals surface area (Å²) in [7, 11) is 0. The van der Waals surface area contributed by atoms with Crippen molar-refractivity contribution in [2.24, 2.45) is 0 Å². The summed E-state index contributed by atoms with van der Waals surface area (Å²) in [6, 6.07) is 7.14. The van der Waals surface area contributed by atoms with Gasteiger partial charge in [0.25, 0.3) is 5.91 Å². The topological polar surface area (TPSA) is 71.3 Å². The molecule has 0 spiro atoms. The first kappa shape index (κ1) is 13.2. The Hall–Kier alpha value is -2.82. The van der Waals surface area contributed by atoms with Crippen LogP contribution in [0.4, 0.5) is 5.69 Å². The number of anilines is 1. The monoisotopic (exact) mass is 282 g/mol. The molecule has 21 heavy (non-hydrogen) atoms. The number of amides is 2. The van der Waals surface area contributed by atoms with Crippen LogP contribution in [-0.2, 0) is 11.2 Å². The fourth-order valence-electron chi connectivity index (χ4n) is 2.22. The molecule has 0 radical (unpaired) electrons. The SMILES string of the molecule is O=C(/C=C/c1ccoc1)Nc1ccc2c(c1)C(=O)NCC2. The first-order valence-electron chi connectivity index (χ1n) is 6.65. The molecule has 2 heterocycles. The fourth-order valence-corrected chi connectivity index (χ4v) is 2.22. The van der Waals surface area contributed by atoms with Crippen molar-refractivity contribution in [3.8, 4) is 0 Å². The molecule has 2 aromatic rings. The van der Waals surface area contributed by atoms with Crippen LogP contribution in [0.1, 0.15) is 21.5 Å². The highest BCUT2D eigenvalue weighted by Gasteiger charge is 2.16. The highest BCUT2D eigenvalue weighted by Crippen LogP contribution is 2.19. The molecule has 0 saturated carbocycles. The van der Waals surface area contributed by atoms with E-state index in [1.807, 2.05) is 6.07 Å². The standard InChI is InChI=1S/C16H14N2O3/c19-15(4-1-11-6-8-21-10-11)18-13-3-2-12-5-7-17-16(20)14(12)9-13/h1-4,6,8-10H,5,7H2,(H,17,20)(H,18,19)/b4-1+. The first-order chi connectivity index (χ1) is 10.2. The normalized spacial score (nSPS) is 13.8. The van der Waals surface area contributed by atoms with Crippen LogP contribution in [0.3, 0.4) is 0 Å². The van der Waals surface area contributed by atoms with E-state index in [1.54, 1.807) is 36.8 Å². The molecule has 1 aromatic carbocycles. The molecule has 0 unspecified atom stereocenters. The first-order valence-corrected chi connectivity index (χ1v) is 6.65. The molecule has 0 saturated heterocycles. The molecule has 106 valence electrons. The summed E-state index contributed by atoms with van der Waals surface area (Å²) < 4.78 is 4.91. The largest absolute Gasteiger partial charge is 0.472 e. The second-order valence-electron chi connectivity index (χ2n) is 4.76. The van der Waals surface area contributed by atoms with Gasteiger partial charge in [0.15, 0.2) is 0 Å². The third kappa shape index (κ3) is 3.02. The van der Waals surface area contributed by atoms with E-state index in [0.29, 0.717) is 17.8 Å². The lowest BCUT2D eigenvalue weighted by atomic mass is 10.00. The van der Waals surface area contributed by atoms with E-state index in [4.69, 9.17) is 4.42 Å². The molecule has 1 aliphatic heterocycles. The molecule has 2 N–H and O–H groups in total. The van der Waals surface area contributed by atoms with Gasteiger partial charge in [-0.2, -0.15) is 0 Å². The second-order valence-corrected chi connectivity index (χ2v) is 4.76. The smallest absolute Gasteiger partial charge is 0.251 e. The quantitative estimate of drug-likeness (QED) is 0.848. The fraction of sp³-hybridized carbons (Fsp3) is 0.125. The number of hydrogen-bond donors (Lipinski definition) is 2. The highest BCUT2D eigenvalue weighted by molar-refractivity contribution is 6.03. The number of fused-ring (bicyclic) bond motifs is 1. The van der Waals surface area contributed by atoms with Crippen molar-refractivity contribution in [2.45, 2.75) is 6.42 Å². The summed E-state index contributed by atoms with van der Waals surface area (Å²) in [6.07, 6.45) is 6.98. The predicted octanol–water partition coefficient (Wildman–Crippen LogP) is 2.22. The zero-order valence-corrected chi connectivity index (χ0v) is 11.3. The van der Waals surface area contributed by atoms with Gasteiger partial charge in [-0.15, -0.1) is 0 Å². The summed E-state index contributed by atoms with van der Waals surface area (Å²) >= 11 is 0. The lowest BCUT2D eigenvalue weighted by Crippen LogP contribution is -2.31. The zero-order valence-electron chi connectivity index (χ0n) is 11.3. The van der Waals surface area contributed by atoms with Gasteiger partial charge in [0.05, 0.1) is 12.5 Å². The minimum atomic E-state index is -0.257. The number of nitrogens with one attached hydrogen (secondary N) is 2. The van der Waals surface area contributed by atoms with E-state index in [1.165, 1.54) is 6.08 Å². The summed E-state index contributed by atoms with van der Waals surface area (Å²) in [5.41, 5.74) is 3.05. The molecule has 0 atom stereocenters. The Bertz CT molecular complexity index is 702. The highest BCUT2D eigenvalue weighted by atomic mass is 16.3. The Balaban J connectivity index is 1.72. The Morgan fingerprint density at radius 3 is 3.05 bits per heavy atom. The Labute approximate surface area is 121 Å². The lowest BCUT2D eigenvalue weighted by molar-refractivity contribution is -0.111. The van der Waals surface area contributed by atoms with Crippen LogP contribution >= 0.6 is 0 Å². The minimum absolute atomic E-state index is 0.0960. The second kappa shape index (κ2) is 5.66. The molecule has 2 amide bonds. The summed E-state index contributed by atoms with van der Waals surface area (Å²) in [6.45, 7) is 0.658. The Kier molecular flexibility index (Phi) is 3.55. The number of furan rings is 1. The zero-order chi connectivity index (χ0) is 14.7. The van der Waals surface area contributed by atoms with Gasteiger partial charge in [0.1, 0.15) is 0 Å². The van der Waals surface area contributed by atoms with Crippen LogP contribution in [0, 0.1) is 0 Å².